The molecule has 1 heterocycles. The Labute approximate surface area is 128 Å². The Balaban J connectivity index is 2.11. The van der Waals surface area contributed by atoms with Crippen LogP contribution >= 0.6 is 0 Å². The molecule has 1 aliphatic rings. The molecule has 1 fully saturated rings. The molecule has 21 heavy (non-hydrogen) atoms. The minimum Gasteiger partial charge on any atom is -0.371 e. The van der Waals surface area contributed by atoms with Gasteiger partial charge in [-0.3, -0.25) is 0 Å². The van der Waals surface area contributed by atoms with E-state index in [1.54, 1.807) is 6.07 Å². The summed E-state index contributed by atoms with van der Waals surface area (Å²) in [7, 11) is 0. The van der Waals surface area contributed by atoms with E-state index in [0.717, 1.165) is 36.8 Å². The van der Waals surface area contributed by atoms with Gasteiger partial charge in [0.2, 0.25) is 0 Å². The van der Waals surface area contributed by atoms with Gasteiger partial charge in [-0.1, -0.05) is 32.8 Å². The molecule has 0 saturated carbocycles. The van der Waals surface area contributed by atoms with E-state index in [1.165, 1.54) is 32.1 Å². The Bertz CT molecular complexity index is 433. The van der Waals surface area contributed by atoms with Gasteiger partial charge < -0.3 is 10.2 Å². The molecule has 0 aliphatic carbocycles. The summed E-state index contributed by atoms with van der Waals surface area (Å²) in [5.41, 5.74) is 1.92. The van der Waals surface area contributed by atoms with Crippen LogP contribution in [0.3, 0.4) is 0 Å². The standard InChI is InChI=1S/C18H29FN2/c1-3-7-15-8-6-12-21(13-11-15)18-10-5-9-17(19)16(18)14-20-4-2/h5,9-10,15,20H,3-4,6-8,11-14H2,1-2H3. The molecular formula is C18H29FN2. The smallest absolute Gasteiger partial charge is 0.129 e. The van der Waals surface area contributed by atoms with Crippen LogP contribution in [0.1, 0.15) is 51.5 Å². The predicted molar refractivity (Wildman–Crippen MR) is 88.2 cm³/mol. The molecule has 1 saturated heterocycles. The van der Waals surface area contributed by atoms with E-state index in [0.29, 0.717) is 6.54 Å². The van der Waals surface area contributed by atoms with E-state index in [9.17, 15) is 4.39 Å². The zero-order chi connectivity index (χ0) is 15.1. The number of nitrogens with zero attached hydrogens (tertiary/aromatic N) is 1. The molecule has 1 aliphatic heterocycles. The minimum atomic E-state index is -0.0807. The van der Waals surface area contributed by atoms with Crippen LogP contribution in [0.4, 0.5) is 10.1 Å². The van der Waals surface area contributed by atoms with Crippen LogP contribution in [-0.4, -0.2) is 19.6 Å². The first kappa shape index (κ1) is 16.3. The largest absolute Gasteiger partial charge is 0.371 e. The van der Waals surface area contributed by atoms with Gasteiger partial charge in [0.25, 0.3) is 0 Å². The highest BCUT2D eigenvalue weighted by atomic mass is 19.1. The lowest BCUT2D eigenvalue weighted by molar-refractivity contribution is 0.435. The van der Waals surface area contributed by atoms with E-state index in [-0.39, 0.29) is 5.82 Å². The van der Waals surface area contributed by atoms with E-state index < -0.39 is 0 Å². The van der Waals surface area contributed by atoms with Crippen molar-refractivity contribution in [1.82, 2.24) is 5.32 Å². The molecule has 0 amide bonds. The number of halogens is 1. The van der Waals surface area contributed by atoms with Crippen molar-refractivity contribution in [2.75, 3.05) is 24.5 Å². The van der Waals surface area contributed by atoms with E-state index in [2.05, 4.69) is 30.1 Å². The summed E-state index contributed by atoms with van der Waals surface area (Å²) < 4.78 is 14.2. The highest BCUT2D eigenvalue weighted by Crippen LogP contribution is 2.28. The van der Waals surface area contributed by atoms with Crippen molar-refractivity contribution in [2.45, 2.75) is 52.5 Å². The van der Waals surface area contributed by atoms with Gasteiger partial charge in [0.1, 0.15) is 5.82 Å². The summed E-state index contributed by atoms with van der Waals surface area (Å²) in [6.45, 7) is 7.93. The van der Waals surface area contributed by atoms with Gasteiger partial charge in [-0.2, -0.15) is 0 Å². The minimum absolute atomic E-state index is 0.0807. The van der Waals surface area contributed by atoms with Gasteiger partial charge >= 0.3 is 0 Å². The van der Waals surface area contributed by atoms with Crippen LogP contribution in [0.5, 0.6) is 0 Å². The van der Waals surface area contributed by atoms with Gasteiger partial charge in [-0.25, -0.2) is 4.39 Å². The second-order valence-electron chi connectivity index (χ2n) is 6.09. The first-order chi connectivity index (χ1) is 10.3. The Kier molecular flexibility index (Phi) is 6.50. The summed E-state index contributed by atoms with van der Waals surface area (Å²) in [5, 5.41) is 3.26. The fourth-order valence-electron chi connectivity index (χ4n) is 3.37. The number of anilines is 1. The van der Waals surface area contributed by atoms with Gasteiger partial charge in [-0.15, -0.1) is 0 Å². The molecule has 0 radical (unpaired) electrons. The third-order valence-corrected chi connectivity index (χ3v) is 4.53. The molecule has 1 N–H and O–H groups in total. The van der Waals surface area contributed by atoms with Crippen molar-refractivity contribution in [2.24, 2.45) is 5.92 Å². The summed E-state index contributed by atoms with van der Waals surface area (Å²) >= 11 is 0. The van der Waals surface area contributed by atoms with Gasteiger partial charge in [0.05, 0.1) is 0 Å². The molecule has 1 unspecified atom stereocenters. The molecule has 1 aromatic carbocycles. The van der Waals surface area contributed by atoms with Crippen LogP contribution in [0.25, 0.3) is 0 Å². The van der Waals surface area contributed by atoms with Crippen molar-refractivity contribution >= 4 is 5.69 Å². The molecule has 118 valence electrons. The van der Waals surface area contributed by atoms with E-state index >= 15 is 0 Å². The molecule has 0 spiro atoms. The van der Waals surface area contributed by atoms with Crippen molar-refractivity contribution in [1.29, 1.82) is 0 Å². The predicted octanol–water partition coefficient (Wildman–Crippen LogP) is 4.34. The monoisotopic (exact) mass is 292 g/mol. The van der Waals surface area contributed by atoms with Gasteiger partial charge in [0, 0.05) is 30.9 Å². The third kappa shape index (κ3) is 4.44. The van der Waals surface area contributed by atoms with Crippen molar-refractivity contribution in [3.8, 4) is 0 Å². The summed E-state index contributed by atoms with van der Waals surface area (Å²) in [6.07, 6.45) is 6.40. The third-order valence-electron chi connectivity index (χ3n) is 4.53. The zero-order valence-corrected chi connectivity index (χ0v) is 13.5. The maximum absolute atomic E-state index is 14.2. The maximum Gasteiger partial charge on any atom is 0.129 e. The number of rotatable bonds is 6. The summed E-state index contributed by atoms with van der Waals surface area (Å²) in [4.78, 5) is 2.39. The quantitative estimate of drug-likeness (QED) is 0.839. The van der Waals surface area contributed by atoms with Crippen molar-refractivity contribution in [3.63, 3.8) is 0 Å². The molecule has 2 rings (SSSR count). The van der Waals surface area contributed by atoms with E-state index in [4.69, 9.17) is 0 Å². The number of benzene rings is 1. The van der Waals surface area contributed by atoms with Crippen LogP contribution in [0.2, 0.25) is 0 Å². The number of hydrogen-bond donors (Lipinski definition) is 1. The fraction of sp³-hybridized carbons (Fsp3) is 0.667. The topological polar surface area (TPSA) is 15.3 Å². The van der Waals surface area contributed by atoms with Gasteiger partial charge in [-0.05, 0) is 43.9 Å². The molecule has 0 aromatic heterocycles. The summed E-state index contributed by atoms with van der Waals surface area (Å²) in [6, 6.07) is 5.50. The second kappa shape index (κ2) is 8.38. The van der Waals surface area contributed by atoms with E-state index in [1.807, 2.05) is 6.07 Å². The SMILES string of the molecule is CCCC1CCCN(c2cccc(F)c2CNCC)CC1. The fourth-order valence-corrected chi connectivity index (χ4v) is 3.37. The normalized spacial score (nSPS) is 19.6. The first-order valence-electron chi connectivity index (χ1n) is 8.49. The second-order valence-corrected chi connectivity index (χ2v) is 6.09. The number of nitrogens with one attached hydrogen (secondary N) is 1. The van der Waals surface area contributed by atoms with Crippen molar-refractivity contribution in [3.05, 3.63) is 29.6 Å². The molecule has 1 atom stereocenters. The lowest BCUT2D eigenvalue weighted by atomic mass is 9.96. The molecule has 1 aromatic rings. The lowest BCUT2D eigenvalue weighted by Gasteiger charge is -2.26. The van der Waals surface area contributed by atoms with Crippen molar-refractivity contribution < 1.29 is 4.39 Å². The maximum atomic E-state index is 14.2. The number of hydrogen-bond acceptors (Lipinski definition) is 2. The van der Waals surface area contributed by atoms with Crippen LogP contribution < -0.4 is 10.2 Å². The molecule has 3 heteroatoms. The van der Waals surface area contributed by atoms with Gasteiger partial charge in [0.15, 0.2) is 0 Å². The molecular weight excluding hydrogens is 263 g/mol. The zero-order valence-electron chi connectivity index (χ0n) is 13.5. The Morgan fingerprint density at radius 2 is 2.10 bits per heavy atom. The van der Waals surface area contributed by atoms with Crippen LogP contribution in [0, 0.1) is 11.7 Å². The highest BCUT2D eigenvalue weighted by molar-refractivity contribution is 5.54. The molecule has 0 bridgehead atoms. The Morgan fingerprint density at radius 1 is 1.24 bits per heavy atom. The molecule has 2 nitrogen and oxygen atoms in total. The summed E-state index contributed by atoms with van der Waals surface area (Å²) in [5.74, 6) is 0.772. The van der Waals surface area contributed by atoms with Crippen LogP contribution in [0.15, 0.2) is 18.2 Å². The average molecular weight is 292 g/mol. The average Bonchev–Trinajstić information content (AvgIpc) is 2.72. The Hall–Kier alpha value is -1.09. The Morgan fingerprint density at radius 3 is 2.86 bits per heavy atom. The lowest BCUT2D eigenvalue weighted by Crippen LogP contribution is -2.27. The highest BCUT2D eigenvalue weighted by Gasteiger charge is 2.19. The van der Waals surface area contributed by atoms with Crippen LogP contribution in [-0.2, 0) is 6.54 Å². The first-order valence-corrected chi connectivity index (χ1v) is 8.49.